The summed E-state index contributed by atoms with van der Waals surface area (Å²) in [5.74, 6) is -0.365. The highest BCUT2D eigenvalue weighted by atomic mass is 16.3. The molecule has 2 fully saturated rings. The smallest absolute Gasteiger partial charge is 0.251 e. The van der Waals surface area contributed by atoms with Crippen molar-refractivity contribution in [3.8, 4) is 6.07 Å². The molecule has 0 radical (unpaired) electrons. The topological polar surface area (TPSA) is 93.4 Å². The lowest BCUT2D eigenvalue weighted by Crippen LogP contribution is -2.58. The number of hydrogen-bond acceptors (Lipinski definition) is 4. The second kappa shape index (κ2) is 10.0. The van der Waals surface area contributed by atoms with Gasteiger partial charge in [-0.2, -0.15) is 5.26 Å². The molecule has 2 aliphatic rings. The van der Waals surface area contributed by atoms with E-state index in [-0.39, 0.29) is 46.9 Å². The molecule has 3 rings (SSSR count). The summed E-state index contributed by atoms with van der Waals surface area (Å²) in [6.45, 7) is 6.71. The summed E-state index contributed by atoms with van der Waals surface area (Å²) in [5, 5.41) is 23.5. The van der Waals surface area contributed by atoms with Crippen LogP contribution in [0.25, 0.3) is 0 Å². The zero-order chi connectivity index (χ0) is 23.5. The average Bonchev–Trinajstić information content (AvgIpc) is 2.79. The van der Waals surface area contributed by atoms with Crippen LogP contribution in [0.3, 0.4) is 0 Å². The summed E-state index contributed by atoms with van der Waals surface area (Å²) in [5.41, 5.74) is 0.661. The van der Waals surface area contributed by atoms with Crippen molar-refractivity contribution >= 4 is 11.8 Å². The number of aliphatic hydroxyl groups is 1. The maximum absolute atomic E-state index is 12.9. The van der Waals surface area contributed by atoms with Crippen LogP contribution in [0.5, 0.6) is 0 Å². The van der Waals surface area contributed by atoms with Crippen LogP contribution in [0, 0.1) is 40.4 Å². The van der Waals surface area contributed by atoms with E-state index in [2.05, 4.69) is 25.2 Å². The number of rotatable bonds is 6. The van der Waals surface area contributed by atoms with Gasteiger partial charge in [0.15, 0.2) is 0 Å². The number of nitrogens with one attached hydrogen (secondary N) is 1. The molecule has 0 bridgehead atoms. The first-order valence-corrected chi connectivity index (χ1v) is 11.9. The first-order chi connectivity index (χ1) is 15.2. The molecule has 1 unspecified atom stereocenters. The van der Waals surface area contributed by atoms with Crippen molar-refractivity contribution in [1.29, 1.82) is 5.26 Å². The van der Waals surface area contributed by atoms with Gasteiger partial charge in [-0.05, 0) is 61.0 Å². The van der Waals surface area contributed by atoms with Gasteiger partial charge in [0, 0.05) is 31.1 Å². The molecule has 7 atom stereocenters. The predicted octanol–water partition coefficient (Wildman–Crippen LogP) is 3.62. The number of carbonyl (C=O) groups excluding carboxylic acids is 2. The Morgan fingerprint density at radius 3 is 2.59 bits per heavy atom. The Hall–Kier alpha value is -2.39. The lowest BCUT2D eigenvalue weighted by atomic mass is 9.51. The Kier molecular flexibility index (Phi) is 7.61. The van der Waals surface area contributed by atoms with Crippen LogP contribution in [-0.4, -0.2) is 47.6 Å². The molecule has 6 heteroatoms. The van der Waals surface area contributed by atoms with Crippen LogP contribution in [0.15, 0.2) is 30.3 Å². The fourth-order valence-corrected chi connectivity index (χ4v) is 6.20. The Morgan fingerprint density at radius 1 is 1.28 bits per heavy atom. The van der Waals surface area contributed by atoms with Crippen LogP contribution in [0.1, 0.15) is 63.2 Å². The van der Waals surface area contributed by atoms with E-state index in [1.54, 1.807) is 11.9 Å². The van der Waals surface area contributed by atoms with Crippen molar-refractivity contribution in [3.63, 3.8) is 0 Å². The molecule has 1 aromatic rings. The first kappa shape index (κ1) is 24.3. The third kappa shape index (κ3) is 4.83. The number of carbonyl (C=O) groups is 2. The Bertz CT molecular complexity index is 852. The van der Waals surface area contributed by atoms with Crippen LogP contribution in [-0.2, 0) is 4.79 Å². The zero-order valence-electron chi connectivity index (χ0n) is 19.8. The maximum Gasteiger partial charge on any atom is 0.251 e. The lowest BCUT2D eigenvalue weighted by molar-refractivity contribution is -0.149. The molecule has 2 N–H and O–H groups in total. The molecule has 0 saturated heterocycles. The molecule has 0 aromatic heterocycles. The van der Waals surface area contributed by atoms with Crippen LogP contribution in [0.4, 0.5) is 0 Å². The summed E-state index contributed by atoms with van der Waals surface area (Å²) in [6, 6.07) is 11.3. The van der Waals surface area contributed by atoms with Gasteiger partial charge in [0.2, 0.25) is 5.91 Å². The van der Waals surface area contributed by atoms with Crippen LogP contribution in [0.2, 0.25) is 0 Å². The second-order valence-electron chi connectivity index (χ2n) is 10.2. The number of hydrogen-bond donors (Lipinski definition) is 2. The van der Waals surface area contributed by atoms with Crippen molar-refractivity contribution in [2.45, 2.75) is 65.0 Å². The fourth-order valence-electron chi connectivity index (χ4n) is 6.20. The van der Waals surface area contributed by atoms with E-state index in [4.69, 9.17) is 5.26 Å². The van der Waals surface area contributed by atoms with E-state index >= 15 is 0 Å². The molecule has 1 aromatic carbocycles. The summed E-state index contributed by atoms with van der Waals surface area (Å²) in [7, 11) is 1.73. The second-order valence-corrected chi connectivity index (χ2v) is 10.2. The molecular formula is C26H37N3O3. The third-order valence-corrected chi connectivity index (χ3v) is 8.21. The maximum atomic E-state index is 12.9. The largest absolute Gasteiger partial charge is 0.392 e. The molecule has 0 heterocycles. The van der Waals surface area contributed by atoms with E-state index in [9.17, 15) is 14.7 Å². The van der Waals surface area contributed by atoms with Crippen molar-refractivity contribution in [2.75, 3.05) is 13.6 Å². The van der Waals surface area contributed by atoms with Crippen molar-refractivity contribution in [3.05, 3.63) is 35.9 Å². The van der Waals surface area contributed by atoms with E-state index in [1.807, 2.05) is 37.3 Å². The van der Waals surface area contributed by atoms with E-state index in [1.165, 1.54) is 0 Å². The summed E-state index contributed by atoms with van der Waals surface area (Å²) in [4.78, 5) is 27.3. The number of benzene rings is 1. The monoisotopic (exact) mass is 439 g/mol. The van der Waals surface area contributed by atoms with Crippen molar-refractivity contribution in [2.24, 2.45) is 29.1 Å². The highest BCUT2D eigenvalue weighted by Crippen LogP contribution is 2.55. The molecule has 2 amide bonds. The highest BCUT2D eigenvalue weighted by molar-refractivity contribution is 5.94. The zero-order valence-corrected chi connectivity index (χ0v) is 19.8. The Labute approximate surface area is 192 Å². The molecule has 174 valence electrons. The predicted molar refractivity (Wildman–Crippen MR) is 123 cm³/mol. The van der Waals surface area contributed by atoms with Crippen LogP contribution >= 0.6 is 0 Å². The molecule has 6 nitrogen and oxygen atoms in total. The van der Waals surface area contributed by atoms with E-state index < -0.39 is 6.10 Å². The summed E-state index contributed by atoms with van der Waals surface area (Å²) >= 11 is 0. The fraction of sp³-hybridized carbons (Fsp3) is 0.654. The number of fused-ring (bicyclic) bond motifs is 1. The SMILES string of the molecule is C[C@H]1[C@@H]2[C@@H](O)C([C@H](C)C(=O)N(C)CCC#N)CC[C@@]2(C)CC[C@@H]1NC(=O)c1ccccc1. The van der Waals surface area contributed by atoms with Gasteiger partial charge in [-0.25, -0.2) is 0 Å². The van der Waals surface area contributed by atoms with Gasteiger partial charge in [-0.1, -0.05) is 39.0 Å². The van der Waals surface area contributed by atoms with Crippen molar-refractivity contribution < 1.29 is 14.7 Å². The average molecular weight is 440 g/mol. The minimum absolute atomic E-state index is 0.00140. The standard InChI is InChI=1S/C26H37N3O3/c1-17(25(32)29(4)16-8-15-27)20-11-13-26(3)14-12-21(18(2)22(26)23(20)30)28-24(31)19-9-6-5-7-10-19/h5-7,9-10,17-18,20-23,30H,8,11-14,16H2,1-4H3,(H,28,31)/t17-,18+,20?,21-,22+,23-,26-/m0/s1. The van der Waals surface area contributed by atoms with Gasteiger partial charge in [-0.3, -0.25) is 9.59 Å². The van der Waals surface area contributed by atoms with Crippen molar-refractivity contribution in [1.82, 2.24) is 10.2 Å². The number of aliphatic hydroxyl groups excluding tert-OH is 1. The van der Waals surface area contributed by atoms with Gasteiger partial charge in [-0.15, -0.1) is 0 Å². The van der Waals surface area contributed by atoms with Gasteiger partial charge in [0.25, 0.3) is 5.91 Å². The van der Waals surface area contributed by atoms with Gasteiger partial charge in [0.1, 0.15) is 0 Å². The number of amides is 2. The Balaban J connectivity index is 1.73. The quantitative estimate of drug-likeness (QED) is 0.708. The number of nitriles is 1. The highest BCUT2D eigenvalue weighted by Gasteiger charge is 2.54. The molecule has 2 saturated carbocycles. The molecule has 0 spiro atoms. The normalized spacial score (nSPS) is 32.8. The van der Waals surface area contributed by atoms with Crippen LogP contribution < -0.4 is 5.32 Å². The number of nitrogens with zero attached hydrogens (tertiary/aromatic N) is 2. The molecular weight excluding hydrogens is 402 g/mol. The summed E-state index contributed by atoms with van der Waals surface area (Å²) < 4.78 is 0. The first-order valence-electron chi connectivity index (χ1n) is 11.9. The van der Waals surface area contributed by atoms with E-state index in [0.29, 0.717) is 18.5 Å². The Morgan fingerprint density at radius 2 is 1.94 bits per heavy atom. The molecule has 0 aliphatic heterocycles. The minimum Gasteiger partial charge on any atom is -0.392 e. The minimum atomic E-state index is -0.594. The van der Waals surface area contributed by atoms with Gasteiger partial charge in [0.05, 0.1) is 18.6 Å². The molecule has 32 heavy (non-hydrogen) atoms. The molecule has 2 aliphatic carbocycles. The summed E-state index contributed by atoms with van der Waals surface area (Å²) in [6.07, 6.45) is 3.36. The van der Waals surface area contributed by atoms with E-state index in [0.717, 1.165) is 25.7 Å². The lowest BCUT2D eigenvalue weighted by Gasteiger charge is -2.56. The third-order valence-electron chi connectivity index (χ3n) is 8.21. The van der Waals surface area contributed by atoms with Gasteiger partial charge >= 0.3 is 0 Å². The van der Waals surface area contributed by atoms with Gasteiger partial charge < -0.3 is 15.3 Å².